The number of carbonyl (C=O) groups excluding carboxylic acids is 1. The predicted octanol–water partition coefficient (Wildman–Crippen LogP) is 3.73. The number of nitrogens with one attached hydrogen (secondary N) is 1. The van der Waals surface area contributed by atoms with Gasteiger partial charge < -0.3 is 15.8 Å². The Bertz CT molecular complexity index is 446. The maximum atomic E-state index is 11.9. The van der Waals surface area contributed by atoms with Crippen molar-refractivity contribution in [3.63, 3.8) is 0 Å². The maximum Gasteiger partial charge on any atom is 0.405 e. The molecule has 4 nitrogen and oxygen atoms in total. The van der Waals surface area contributed by atoms with Crippen LogP contribution in [-0.2, 0) is 16.1 Å². The van der Waals surface area contributed by atoms with Crippen molar-refractivity contribution < 1.29 is 22.7 Å². The van der Waals surface area contributed by atoms with Gasteiger partial charge in [0, 0.05) is 6.20 Å². The van der Waals surface area contributed by atoms with E-state index in [0.29, 0.717) is 0 Å². The lowest BCUT2D eigenvalue weighted by atomic mass is 10.2. The number of rotatable bonds is 5. The molecule has 0 saturated carbocycles. The van der Waals surface area contributed by atoms with E-state index in [9.17, 15) is 18.0 Å². The van der Waals surface area contributed by atoms with Crippen molar-refractivity contribution in [1.29, 1.82) is 0 Å². The number of nitrogens with two attached hydrogens (primary N) is 1. The van der Waals surface area contributed by atoms with Gasteiger partial charge >= 0.3 is 6.18 Å². The van der Waals surface area contributed by atoms with Gasteiger partial charge in [-0.15, -0.1) is 0 Å². The van der Waals surface area contributed by atoms with Gasteiger partial charge in [-0.05, 0) is 5.56 Å². The van der Waals surface area contributed by atoms with Gasteiger partial charge in [-0.2, -0.15) is 13.2 Å². The SMILES string of the molecule is CC.CC.N/C=C(/OCc1ccccc1)C(=O)NCC(F)(F)F. The highest BCUT2D eigenvalue weighted by Gasteiger charge is 2.28. The van der Waals surface area contributed by atoms with Crippen molar-refractivity contribution in [2.75, 3.05) is 6.54 Å². The van der Waals surface area contributed by atoms with Crippen molar-refractivity contribution in [3.05, 3.63) is 47.9 Å². The monoisotopic (exact) mass is 334 g/mol. The Morgan fingerprint density at radius 1 is 1.17 bits per heavy atom. The first kappa shape index (κ1) is 23.1. The van der Waals surface area contributed by atoms with E-state index in [1.807, 2.05) is 27.7 Å². The molecule has 1 aromatic rings. The van der Waals surface area contributed by atoms with Crippen LogP contribution in [-0.4, -0.2) is 18.6 Å². The summed E-state index contributed by atoms with van der Waals surface area (Å²) in [7, 11) is 0. The van der Waals surface area contributed by atoms with Crippen LogP contribution in [0.4, 0.5) is 13.2 Å². The van der Waals surface area contributed by atoms with E-state index in [2.05, 4.69) is 0 Å². The summed E-state index contributed by atoms with van der Waals surface area (Å²) < 4.78 is 40.8. The van der Waals surface area contributed by atoms with Crippen LogP contribution in [0.25, 0.3) is 0 Å². The molecule has 0 aliphatic rings. The number of hydrogen-bond donors (Lipinski definition) is 2. The fourth-order valence-electron chi connectivity index (χ4n) is 1.19. The first-order valence-corrected chi connectivity index (χ1v) is 7.36. The quantitative estimate of drug-likeness (QED) is 0.637. The van der Waals surface area contributed by atoms with Gasteiger partial charge in [0.1, 0.15) is 13.2 Å². The molecule has 0 saturated heterocycles. The molecular weight excluding hydrogens is 309 g/mol. The average Bonchev–Trinajstić information content (AvgIpc) is 2.57. The summed E-state index contributed by atoms with van der Waals surface area (Å²) in [6, 6.07) is 8.85. The molecule has 0 bridgehead atoms. The summed E-state index contributed by atoms with van der Waals surface area (Å²) in [6.07, 6.45) is -3.65. The number of halogens is 3. The fraction of sp³-hybridized carbons (Fsp3) is 0.438. The molecular formula is C16H25F3N2O2. The molecule has 1 amide bonds. The number of benzene rings is 1. The maximum absolute atomic E-state index is 11.9. The van der Waals surface area contributed by atoms with Crippen molar-refractivity contribution in [1.82, 2.24) is 5.32 Å². The second-order valence-electron chi connectivity index (χ2n) is 3.60. The van der Waals surface area contributed by atoms with E-state index in [1.54, 1.807) is 35.6 Å². The zero-order chi connectivity index (χ0) is 18.3. The van der Waals surface area contributed by atoms with Crippen LogP contribution >= 0.6 is 0 Å². The Labute approximate surface area is 135 Å². The first-order chi connectivity index (χ1) is 10.9. The lowest BCUT2D eigenvalue weighted by Crippen LogP contribution is -2.35. The van der Waals surface area contributed by atoms with E-state index in [0.717, 1.165) is 11.8 Å². The molecule has 0 radical (unpaired) electrons. The van der Waals surface area contributed by atoms with Crippen molar-refractivity contribution in [2.24, 2.45) is 5.73 Å². The smallest absolute Gasteiger partial charge is 0.405 e. The van der Waals surface area contributed by atoms with E-state index in [1.165, 1.54) is 0 Å². The van der Waals surface area contributed by atoms with Crippen LogP contribution in [0.5, 0.6) is 0 Å². The Balaban J connectivity index is 0. The molecule has 7 heteroatoms. The molecule has 132 valence electrons. The first-order valence-electron chi connectivity index (χ1n) is 7.36. The minimum atomic E-state index is -4.48. The van der Waals surface area contributed by atoms with Gasteiger partial charge in [0.2, 0.25) is 0 Å². The summed E-state index contributed by atoms with van der Waals surface area (Å²) in [5.41, 5.74) is 5.92. The zero-order valence-electron chi connectivity index (χ0n) is 13.9. The summed E-state index contributed by atoms with van der Waals surface area (Å²) in [6.45, 7) is 6.61. The van der Waals surface area contributed by atoms with Crippen molar-refractivity contribution in [3.8, 4) is 0 Å². The molecule has 1 rings (SSSR count). The molecule has 0 heterocycles. The number of hydrogen-bond acceptors (Lipinski definition) is 3. The van der Waals surface area contributed by atoms with Gasteiger partial charge in [-0.25, -0.2) is 0 Å². The third-order valence-corrected chi connectivity index (χ3v) is 2.06. The Hall–Kier alpha value is -2.18. The average molecular weight is 334 g/mol. The van der Waals surface area contributed by atoms with Gasteiger partial charge in [-0.1, -0.05) is 58.0 Å². The third-order valence-electron chi connectivity index (χ3n) is 2.06. The molecule has 0 fully saturated rings. The van der Waals surface area contributed by atoms with Gasteiger partial charge in [0.15, 0.2) is 5.76 Å². The number of carbonyl (C=O) groups is 1. The molecule has 0 atom stereocenters. The lowest BCUT2D eigenvalue weighted by molar-refractivity contribution is -0.138. The topological polar surface area (TPSA) is 64.3 Å². The van der Waals surface area contributed by atoms with E-state index in [4.69, 9.17) is 10.5 Å². The van der Waals surface area contributed by atoms with Crippen LogP contribution in [0.2, 0.25) is 0 Å². The van der Waals surface area contributed by atoms with Gasteiger partial charge in [0.05, 0.1) is 0 Å². The molecule has 0 aliphatic carbocycles. The Morgan fingerprint density at radius 3 is 2.13 bits per heavy atom. The largest absolute Gasteiger partial charge is 0.482 e. The molecule has 0 unspecified atom stereocenters. The van der Waals surface area contributed by atoms with E-state index in [-0.39, 0.29) is 12.4 Å². The molecule has 23 heavy (non-hydrogen) atoms. The van der Waals surface area contributed by atoms with Crippen LogP contribution < -0.4 is 11.1 Å². The van der Waals surface area contributed by atoms with Crippen LogP contribution in [0, 0.1) is 0 Å². The third kappa shape index (κ3) is 12.1. The second-order valence-corrected chi connectivity index (χ2v) is 3.60. The van der Waals surface area contributed by atoms with Crippen LogP contribution in [0.1, 0.15) is 33.3 Å². The highest BCUT2D eigenvalue weighted by Crippen LogP contribution is 2.13. The summed E-state index contributed by atoms with van der Waals surface area (Å²) in [5, 5.41) is 1.67. The summed E-state index contributed by atoms with van der Waals surface area (Å²) in [5.74, 6) is -1.36. The number of alkyl halides is 3. The molecule has 0 spiro atoms. The Morgan fingerprint density at radius 2 is 1.70 bits per heavy atom. The molecule has 1 aromatic carbocycles. The standard InChI is InChI=1S/C12H13F3N2O2.2C2H6/c13-12(14,15)8-17-11(18)10(6-16)19-7-9-4-2-1-3-5-9;2*1-2/h1-6H,7-8,16H2,(H,17,18);2*1-2H3/b10-6+;;. The zero-order valence-corrected chi connectivity index (χ0v) is 13.9. The Kier molecular flexibility index (Phi) is 13.5. The van der Waals surface area contributed by atoms with Crippen LogP contribution in [0.3, 0.4) is 0 Å². The second kappa shape index (κ2) is 13.5. The fourth-order valence-corrected chi connectivity index (χ4v) is 1.19. The van der Waals surface area contributed by atoms with Gasteiger partial charge in [0.25, 0.3) is 5.91 Å². The number of amides is 1. The lowest BCUT2D eigenvalue weighted by Gasteiger charge is -2.11. The van der Waals surface area contributed by atoms with E-state index < -0.39 is 18.6 Å². The molecule has 3 N–H and O–H groups in total. The summed E-state index contributed by atoms with van der Waals surface area (Å²) in [4.78, 5) is 11.4. The minimum absolute atomic E-state index is 0.0450. The summed E-state index contributed by atoms with van der Waals surface area (Å²) >= 11 is 0. The minimum Gasteiger partial charge on any atom is -0.482 e. The molecule has 0 aromatic heterocycles. The predicted molar refractivity (Wildman–Crippen MR) is 85.3 cm³/mol. The normalized spacial score (nSPS) is 10.5. The molecule has 0 aliphatic heterocycles. The highest BCUT2D eigenvalue weighted by molar-refractivity contribution is 5.91. The number of ether oxygens (including phenoxy) is 1. The van der Waals surface area contributed by atoms with Crippen molar-refractivity contribution in [2.45, 2.75) is 40.5 Å². The van der Waals surface area contributed by atoms with E-state index >= 15 is 0 Å². The van der Waals surface area contributed by atoms with Crippen molar-refractivity contribution >= 4 is 5.91 Å². The van der Waals surface area contributed by atoms with Crippen LogP contribution in [0.15, 0.2) is 42.3 Å². The van der Waals surface area contributed by atoms with Gasteiger partial charge in [-0.3, -0.25) is 4.79 Å². The highest BCUT2D eigenvalue weighted by atomic mass is 19.4.